The summed E-state index contributed by atoms with van der Waals surface area (Å²) in [7, 11) is 0. The van der Waals surface area contributed by atoms with Gasteiger partial charge in [-0.25, -0.2) is 0 Å². The lowest BCUT2D eigenvalue weighted by Gasteiger charge is -2.19. The first-order chi connectivity index (χ1) is 10.2. The Morgan fingerprint density at radius 2 is 1.76 bits per heavy atom. The molecule has 0 aliphatic heterocycles. The van der Waals surface area contributed by atoms with Gasteiger partial charge in [-0.15, -0.1) is 0 Å². The standard InChI is InChI=1S/C20H35N/c1-5-7-8-9-10-14-20(21-6-2)19-13-11-12-18(16-19)15-17(3)4/h11-13,16-17,20-21H,5-10,14-15H2,1-4H3. The maximum Gasteiger partial charge on any atom is 0.0320 e. The fraction of sp³-hybridized carbons (Fsp3) is 0.700. The summed E-state index contributed by atoms with van der Waals surface area (Å²) in [5, 5.41) is 3.67. The smallest absolute Gasteiger partial charge is 0.0320 e. The second kappa shape index (κ2) is 10.8. The molecule has 1 rings (SSSR count). The van der Waals surface area contributed by atoms with Crippen molar-refractivity contribution >= 4 is 0 Å². The molecule has 1 nitrogen and oxygen atoms in total. The Morgan fingerprint density at radius 1 is 1.00 bits per heavy atom. The van der Waals surface area contributed by atoms with Gasteiger partial charge in [0.2, 0.25) is 0 Å². The lowest BCUT2D eigenvalue weighted by molar-refractivity contribution is 0.478. The first-order valence-electron chi connectivity index (χ1n) is 8.99. The monoisotopic (exact) mass is 289 g/mol. The van der Waals surface area contributed by atoms with Gasteiger partial charge in [0.25, 0.3) is 0 Å². The Balaban J connectivity index is 2.57. The maximum absolute atomic E-state index is 3.67. The van der Waals surface area contributed by atoms with Crippen LogP contribution in [0, 0.1) is 5.92 Å². The van der Waals surface area contributed by atoms with E-state index in [0.29, 0.717) is 6.04 Å². The number of rotatable bonds is 11. The van der Waals surface area contributed by atoms with E-state index in [4.69, 9.17) is 0 Å². The molecule has 1 heteroatoms. The van der Waals surface area contributed by atoms with Crippen LogP contribution in [0.1, 0.15) is 83.4 Å². The average molecular weight is 290 g/mol. The van der Waals surface area contributed by atoms with Crippen molar-refractivity contribution in [1.29, 1.82) is 0 Å². The number of nitrogens with one attached hydrogen (secondary N) is 1. The summed E-state index contributed by atoms with van der Waals surface area (Å²) in [5.74, 6) is 0.729. The lowest BCUT2D eigenvalue weighted by atomic mass is 9.95. The molecule has 0 radical (unpaired) electrons. The van der Waals surface area contributed by atoms with Crippen LogP contribution in [0.4, 0.5) is 0 Å². The van der Waals surface area contributed by atoms with E-state index in [1.165, 1.54) is 56.1 Å². The molecule has 0 bridgehead atoms. The minimum Gasteiger partial charge on any atom is -0.310 e. The summed E-state index contributed by atoms with van der Waals surface area (Å²) in [6, 6.07) is 9.74. The van der Waals surface area contributed by atoms with E-state index in [1.54, 1.807) is 0 Å². The Bertz CT molecular complexity index is 370. The number of hydrogen-bond acceptors (Lipinski definition) is 1. The molecular formula is C20H35N. The van der Waals surface area contributed by atoms with Gasteiger partial charge < -0.3 is 5.32 Å². The average Bonchev–Trinajstić information content (AvgIpc) is 2.45. The third-order valence-electron chi connectivity index (χ3n) is 4.04. The summed E-state index contributed by atoms with van der Waals surface area (Å²) in [6.07, 6.45) is 9.27. The van der Waals surface area contributed by atoms with E-state index >= 15 is 0 Å². The number of unbranched alkanes of at least 4 members (excludes halogenated alkanes) is 4. The molecule has 0 aromatic heterocycles. The third-order valence-corrected chi connectivity index (χ3v) is 4.04. The van der Waals surface area contributed by atoms with Gasteiger partial charge in [-0.2, -0.15) is 0 Å². The molecule has 1 aromatic carbocycles. The van der Waals surface area contributed by atoms with Gasteiger partial charge in [0.15, 0.2) is 0 Å². The van der Waals surface area contributed by atoms with Crippen LogP contribution in [0.3, 0.4) is 0 Å². The lowest BCUT2D eigenvalue weighted by Crippen LogP contribution is -2.21. The molecule has 0 spiro atoms. The van der Waals surface area contributed by atoms with Crippen molar-refractivity contribution in [3.63, 3.8) is 0 Å². The Morgan fingerprint density at radius 3 is 2.43 bits per heavy atom. The van der Waals surface area contributed by atoms with Crippen LogP contribution < -0.4 is 5.32 Å². The molecule has 0 heterocycles. The van der Waals surface area contributed by atoms with Gasteiger partial charge >= 0.3 is 0 Å². The van der Waals surface area contributed by atoms with Crippen molar-refractivity contribution in [2.45, 2.75) is 78.7 Å². The van der Waals surface area contributed by atoms with Crippen LogP contribution in [0.25, 0.3) is 0 Å². The molecule has 21 heavy (non-hydrogen) atoms. The van der Waals surface area contributed by atoms with Crippen LogP contribution in [-0.4, -0.2) is 6.54 Å². The SMILES string of the molecule is CCCCCCCC(NCC)c1cccc(CC(C)C)c1. The van der Waals surface area contributed by atoms with E-state index in [1.807, 2.05) is 0 Å². The van der Waals surface area contributed by atoms with Crippen LogP contribution in [0.15, 0.2) is 24.3 Å². The summed E-state index contributed by atoms with van der Waals surface area (Å²) >= 11 is 0. The zero-order valence-corrected chi connectivity index (χ0v) is 14.6. The van der Waals surface area contributed by atoms with Crippen molar-refractivity contribution in [2.24, 2.45) is 5.92 Å². The zero-order chi connectivity index (χ0) is 15.5. The predicted molar refractivity (Wildman–Crippen MR) is 94.8 cm³/mol. The van der Waals surface area contributed by atoms with E-state index in [2.05, 4.69) is 57.3 Å². The molecule has 120 valence electrons. The quantitative estimate of drug-likeness (QED) is 0.500. The number of hydrogen-bond donors (Lipinski definition) is 1. The molecule has 0 amide bonds. The van der Waals surface area contributed by atoms with Crippen LogP contribution in [-0.2, 0) is 6.42 Å². The summed E-state index contributed by atoms with van der Waals surface area (Å²) in [4.78, 5) is 0. The first-order valence-corrected chi connectivity index (χ1v) is 8.99. The molecule has 0 saturated heterocycles. The zero-order valence-electron chi connectivity index (χ0n) is 14.6. The Hall–Kier alpha value is -0.820. The largest absolute Gasteiger partial charge is 0.310 e. The fourth-order valence-corrected chi connectivity index (χ4v) is 2.99. The van der Waals surface area contributed by atoms with Crippen molar-refractivity contribution in [3.8, 4) is 0 Å². The highest BCUT2D eigenvalue weighted by Gasteiger charge is 2.10. The highest BCUT2D eigenvalue weighted by atomic mass is 14.9. The van der Waals surface area contributed by atoms with Crippen LogP contribution in [0.2, 0.25) is 0 Å². The highest BCUT2D eigenvalue weighted by Crippen LogP contribution is 2.22. The number of benzene rings is 1. The minimum absolute atomic E-state index is 0.531. The van der Waals surface area contributed by atoms with Gasteiger partial charge in [-0.05, 0) is 36.4 Å². The Kier molecular flexibility index (Phi) is 9.41. The van der Waals surface area contributed by atoms with Gasteiger partial charge in [0, 0.05) is 6.04 Å². The Labute approximate surface area is 132 Å². The summed E-state index contributed by atoms with van der Waals surface area (Å²) in [5.41, 5.74) is 2.96. The first kappa shape index (κ1) is 18.2. The van der Waals surface area contributed by atoms with E-state index < -0.39 is 0 Å². The summed E-state index contributed by atoms with van der Waals surface area (Å²) in [6.45, 7) is 10.1. The van der Waals surface area contributed by atoms with E-state index in [0.717, 1.165) is 12.5 Å². The molecule has 0 aliphatic rings. The van der Waals surface area contributed by atoms with Crippen molar-refractivity contribution < 1.29 is 0 Å². The highest BCUT2D eigenvalue weighted by molar-refractivity contribution is 5.26. The molecule has 0 saturated carbocycles. The topological polar surface area (TPSA) is 12.0 Å². The third kappa shape index (κ3) is 7.66. The van der Waals surface area contributed by atoms with Crippen molar-refractivity contribution in [3.05, 3.63) is 35.4 Å². The van der Waals surface area contributed by atoms with Crippen molar-refractivity contribution in [2.75, 3.05) is 6.54 Å². The van der Waals surface area contributed by atoms with Gasteiger partial charge in [-0.1, -0.05) is 84.1 Å². The normalized spacial score (nSPS) is 12.8. The van der Waals surface area contributed by atoms with E-state index in [9.17, 15) is 0 Å². The van der Waals surface area contributed by atoms with Crippen LogP contribution in [0.5, 0.6) is 0 Å². The molecule has 1 aromatic rings. The molecule has 0 fully saturated rings. The van der Waals surface area contributed by atoms with Gasteiger partial charge in [-0.3, -0.25) is 0 Å². The molecular weight excluding hydrogens is 254 g/mol. The van der Waals surface area contributed by atoms with Crippen LogP contribution >= 0.6 is 0 Å². The minimum atomic E-state index is 0.531. The fourth-order valence-electron chi connectivity index (χ4n) is 2.99. The predicted octanol–water partition coefficient (Wildman–Crippen LogP) is 5.90. The van der Waals surface area contributed by atoms with E-state index in [-0.39, 0.29) is 0 Å². The summed E-state index contributed by atoms with van der Waals surface area (Å²) < 4.78 is 0. The van der Waals surface area contributed by atoms with Crippen molar-refractivity contribution in [1.82, 2.24) is 5.32 Å². The maximum atomic E-state index is 3.67. The second-order valence-corrected chi connectivity index (χ2v) is 6.66. The van der Waals surface area contributed by atoms with Gasteiger partial charge in [0.05, 0.1) is 0 Å². The molecule has 1 atom stereocenters. The molecule has 1 N–H and O–H groups in total. The molecule has 0 aliphatic carbocycles. The molecule has 1 unspecified atom stereocenters. The second-order valence-electron chi connectivity index (χ2n) is 6.66. The van der Waals surface area contributed by atoms with Gasteiger partial charge in [0.1, 0.15) is 0 Å².